The van der Waals surface area contributed by atoms with Crippen molar-refractivity contribution in [1.82, 2.24) is 4.90 Å². The fourth-order valence-corrected chi connectivity index (χ4v) is 4.67. The molecule has 2 aromatic carbocycles. The van der Waals surface area contributed by atoms with Crippen LogP contribution in [0.4, 0.5) is 11.4 Å². The number of carbonyl (C=O) groups is 1. The Kier molecular flexibility index (Phi) is 7.39. The fraction of sp³-hybridized carbons (Fsp3) is 0.409. The van der Waals surface area contributed by atoms with Gasteiger partial charge in [-0.1, -0.05) is 30.1 Å². The Bertz CT molecular complexity index is 1070. The third-order valence-electron chi connectivity index (χ3n) is 5.43. The second-order valence-corrected chi connectivity index (χ2v) is 10.6. The first kappa shape index (κ1) is 23.7. The molecule has 0 bridgehead atoms. The largest absolute Gasteiger partial charge is 0.374 e. The molecule has 1 aliphatic heterocycles. The van der Waals surface area contributed by atoms with Crippen LogP contribution in [0.3, 0.4) is 0 Å². The number of piperazine rings is 1. The third kappa shape index (κ3) is 5.45. The summed E-state index contributed by atoms with van der Waals surface area (Å²) in [4.78, 5) is 19.5. The van der Waals surface area contributed by atoms with E-state index in [9.17, 15) is 13.2 Å². The van der Waals surface area contributed by atoms with Crippen LogP contribution in [0.1, 0.15) is 23.7 Å². The Balaban J connectivity index is 1.82. The molecule has 31 heavy (non-hydrogen) atoms. The van der Waals surface area contributed by atoms with Crippen LogP contribution in [0, 0.1) is 0 Å². The lowest BCUT2D eigenvalue weighted by molar-refractivity contribution is 0.0747. The number of carbonyl (C=O) groups excluding carboxylic acids is 1. The molecule has 0 aromatic heterocycles. The fourth-order valence-electron chi connectivity index (χ4n) is 3.73. The van der Waals surface area contributed by atoms with Crippen LogP contribution in [-0.4, -0.2) is 65.3 Å². The molecule has 0 radical (unpaired) electrons. The molecular weight excluding hydrogens is 457 g/mol. The highest BCUT2D eigenvalue weighted by molar-refractivity contribution is 7.90. The quantitative estimate of drug-likeness (QED) is 0.615. The summed E-state index contributed by atoms with van der Waals surface area (Å²) in [6.07, 6.45) is 2.07. The lowest BCUT2D eigenvalue weighted by atomic mass is 10.1. The molecule has 2 aromatic rings. The highest BCUT2D eigenvalue weighted by Crippen LogP contribution is 2.29. The normalized spacial score (nSPS) is 14.6. The Morgan fingerprint density at radius 1 is 1.03 bits per heavy atom. The highest BCUT2D eigenvalue weighted by Gasteiger charge is 2.26. The van der Waals surface area contributed by atoms with E-state index >= 15 is 0 Å². The summed E-state index contributed by atoms with van der Waals surface area (Å²) < 4.78 is 24.2. The monoisotopic (exact) mass is 483 g/mol. The lowest BCUT2D eigenvalue weighted by Gasteiger charge is -2.37. The molecule has 1 aliphatic rings. The van der Waals surface area contributed by atoms with E-state index in [2.05, 4.69) is 11.8 Å². The summed E-state index contributed by atoms with van der Waals surface area (Å²) in [7, 11) is -1.50. The number of rotatable bonds is 6. The summed E-state index contributed by atoms with van der Waals surface area (Å²) >= 11 is 12.1. The van der Waals surface area contributed by atoms with Gasteiger partial charge in [0.1, 0.15) is 0 Å². The number of hydrogen-bond donors (Lipinski definition) is 0. The SMILES string of the molecule is CCCN(C)c1ccc(S(C)(=O)=O)cc1C(=O)N1CCN(c2ccc(Cl)c(Cl)c2)CC1. The van der Waals surface area contributed by atoms with E-state index in [4.69, 9.17) is 23.2 Å². The molecule has 1 heterocycles. The first-order chi connectivity index (χ1) is 14.6. The Labute approximate surface area is 194 Å². The topological polar surface area (TPSA) is 60.9 Å². The Hall–Kier alpha value is -1.96. The smallest absolute Gasteiger partial charge is 0.256 e. The van der Waals surface area contributed by atoms with Gasteiger partial charge in [0.2, 0.25) is 0 Å². The Morgan fingerprint density at radius 3 is 2.29 bits per heavy atom. The zero-order valence-corrected chi connectivity index (χ0v) is 20.3. The van der Waals surface area contributed by atoms with Crippen LogP contribution in [0.25, 0.3) is 0 Å². The van der Waals surface area contributed by atoms with Gasteiger partial charge >= 0.3 is 0 Å². The van der Waals surface area contributed by atoms with Crippen molar-refractivity contribution in [3.8, 4) is 0 Å². The molecule has 9 heteroatoms. The summed E-state index contributed by atoms with van der Waals surface area (Å²) in [6, 6.07) is 10.3. The number of benzene rings is 2. The van der Waals surface area contributed by atoms with Crippen molar-refractivity contribution in [1.29, 1.82) is 0 Å². The van der Waals surface area contributed by atoms with Gasteiger partial charge in [-0.15, -0.1) is 0 Å². The standard InChI is InChI=1S/C22H27Cl2N3O3S/c1-4-9-25(2)21-8-6-17(31(3,29)30)15-18(21)22(28)27-12-10-26(11-13-27)16-5-7-19(23)20(24)14-16/h5-8,14-15H,4,9-13H2,1-3H3. The van der Waals surface area contributed by atoms with E-state index in [1.807, 2.05) is 24.1 Å². The molecular formula is C22H27Cl2N3O3S. The molecule has 0 unspecified atom stereocenters. The van der Waals surface area contributed by atoms with Gasteiger partial charge in [0.05, 0.1) is 20.5 Å². The van der Waals surface area contributed by atoms with E-state index in [0.717, 1.165) is 30.6 Å². The summed E-state index contributed by atoms with van der Waals surface area (Å²) in [5.41, 5.74) is 2.12. The van der Waals surface area contributed by atoms with Crippen molar-refractivity contribution in [3.05, 3.63) is 52.0 Å². The summed E-state index contributed by atoms with van der Waals surface area (Å²) in [5, 5.41) is 1.01. The van der Waals surface area contributed by atoms with Crippen molar-refractivity contribution < 1.29 is 13.2 Å². The lowest BCUT2D eigenvalue weighted by Crippen LogP contribution is -2.49. The average molecular weight is 484 g/mol. The van der Waals surface area contributed by atoms with E-state index < -0.39 is 9.84 Å². The van der Waals surface area contributed by atoms with Crippen LogP contribution in [-0.2, 0) is 9.84 Å². The first-order valence-electron chi connectivity index (χ1n) is 10.2. The number of hydrogen-bond acceptors (Lipinski definition) is 5. The van der Waals surface area contributed by atoms with Gasteiger partial charge in [0, 0.05) is 57.4 Å². The number of sulfone groups is 1. The van der Waals surface area contributed by atoms with Crippen LogP contribution in [0.5, 0.6) is 0 Å². The van der Waals surface area contributed by atoms with Gasteiger partial charge < -0.3 is 14.7 Å². The van der Waals surface area contributed by atoms with E-state index in [-0.39, 0.29) is 10.8 Å². The van der Waals surface area contributed by atoms with Gasteiger partial charge in [-0.25, -0.2) is 8.42 Å². The minimum atomic E-state index is -3.42. The number of amides is 1. The van der Waals surface area contributed by atoms with Crippen molar-refractivity contribution in [3.63, 3.8) is 0 Å². The second-order valence-electron chi connectivity index (χ2n) is 7.75. The molecule has 0 aliphatic carbocycles. The maximum atomic E-state index is 13.4. The van der Waals surface area contributed by atoms with Gasteiger partial charge in [0.15, 0.2) is 9.84 Å². The van der Waals surface area contributed by atoms with Crippen LogP contribution in [0.15, 0.2) is 41.3 Å². The van der Waals surface area contributed by atoms with Gasteiger partial charge in [0.25, 0.3) is 5.91 Å². The van der Waals surface area contributed by atoms with Gasteiger partial charge in [-0.3, -0.25) is 4.79 Å². The molecule has 6 nitrogen and oxygen atoms in total. The molecule has 0 spiro atoms. The minimum absolute atomic E-state index is 0.152. The predicted molar refractivity (Wildman–Crippen MR) is 128 cm³/mol. The first-order valence-corrected chi connectivity index (χ1v) is 12.8. The molecule has 0 saturated carbocycles. The van der Waals surface area contributed by atoms with Crippen molar-refractivity contribution in [2.45, 2.75) is 18.2 Å². The van der Waals surface area contributed by atoms with Crippen molar-refractivity contribution in [2.75, 3.05) is 55.8 Å². The second kappa shape index (κ2) is 9.67. The summed E-state index contributed by atoms with van der Waals surface area (Å²) in [5.74, 6) is -0.155. The number of halogens is 2. The molecule has 168 valence electrons. The molecule has 1 amide bonds. The van der Waals surface area contributed by atoms with E-state index in [0.29, 0.717) is 41.8 Å². The minimum Gasteiger partial charge on any atom is -0.374 e. The zero-order chi connectivity index (χ0) is 22.8. The van der Waals surface area contributed by atoms with Gasteiger partial charge in [-0.05, 0) is 42.8 Å². The maximum absolute atomic E-state index is 13.4. The van der Waals surface area contributed by atoms with Crippen molar-refractivity contribution in [2.24, 2.45) is 0 Å². The predicted octanol–water partition coefficient (Wildman–Crippen LogP) is 4.21. The van der Waals surface area contributed by atoms with E-state index in [1.54, 1.807) is 23.1 Å². The number of anilines is 2. The highest BCUT2D eigenvalue weighted by atomic mass is 35.5. The molecule has 0 N–H and O–H groups in total. The zero-order valence-electron chi connectivity index (χ0n) is 17.9. The molecule has 3 rings (SSSR count). The van der Waals surface area contributed by atoms with Crippen molar-refractivity contribution >= 4 is 50.3 Å². The maximum Gasteiger partial charge on any atom is 0.256 e. The summed E-state index contributed by atoms with van der Waals surface area (Å²) in [6.45, 7) is 5.18. The Morgan fingerprint density at radius 2 is 1.71 bits per heavy atom. The van der Waals surface area contributed by atoms with Crippen LogP contribution >= 0.6 is 23.2 Å². The third-order valence-corrected chi connectivity index (χ3v) is 7.28. The average Bonchev–Trinajstić information content (AvgIpc) is 2.74. The molecule has 0 atom stereocenters. The van der Waals surface area contributed by atoms with Crippen LogP contribution < -0.4 is 9.80 Å². The molecule has 1 saturated heterocycles. The van der Waals surface area contributed by atoms with Gasteiger partial charge in [-0.2, -0.15) is 0 Å². The van der Waals surface area contributed by atoms with E-state index in [1.165, 1.54) is 6.07 Å². The molecule has 1 fully saturated rings. The number of nitrogens with zero attached hydrogens (tertiary/aromatic N) is 3. The van der Waals surface area contributed by atoms with Crippen LogP contribution in [0.2, 0.25) is 10.0 Å².